The minimum Gasteiger partial charge on any atom is -0.391 e. The van der Waals surface area contributed by atoms with Crippen molar-refractivity contribution >= 4 is 23.0 Å². The Kier molecular flexibility index (Phi) is 2.83. The second-order valence-corrected chi connectivity index (χ2v) is 4.10. The van der Waals surface area contributed by atoms with Gasteiger partial charge in [0.2, 0.25) is 0 Å². The van der Waals surface area contributed by atoms with Gasteiger partial charge in [0.1, 0.15) is 10.8 Å². The van der Waals surface area contributed by atoms with Crippen molar-refractivity contribution in [3.8, 4) is 0 Å². The number of aliphatic hydroxyl groups is 1. The maximum atomic E-state index is 9.42. The van der Waals surface area contributed by atoms with Gasteiger partial charge in [-0.3, -0.25) is 0 Å². The highest BCUT2D eigenvalue weighted by Gasteiger charge is 2.21. The van der Waals surface area contributed by atoms with E-state index < -0.39 is 0 Å². The number of nitrogens with two attached hydrogens (primary N) is 1. The Balaban J connectivity index is 2.21. The lowest BCUT2D eigenvalue weighted by molar-refractivity contribution is 0.198. The number of hydrogen-bond donors (Lipinski definition) is 2. The van der Waals surface area contributed by atoms with Gasteiger partial charge in [-0.2, -0.15) is 0 Å². The first-order chi connectivity index (χ1) is 7.16. The van der Waals surface area contributed by atoms with Gasteiger partial charge in [-0.1, -0.05) is 12.2 Å². The summed E-state index contributed by atoms with van der Waals surface area (Å²) in [5.41, 5.74) is 6.36. The smallest absolute Gasteiger partial charge is 0.129 e. The van der Waals surface area contributed by atoms with Gasteiger partial charge in [0.25, 0.3) is 0 Å². The van der Waals surface area contributed by atoms with E-state index in [4.69, 9.17) is 18.0 Å². The summed E-state index contributed by atoms with van der Waals surface area (Å²) in [6, 6.07) is 3.65. The van der Waals surface area contributed by atoms with E-state index in [2.05, 4.69) is 4.98 Å². The average Bonchev–Trinajstić information content (AvgIpc) is 2.65. The van der Waals surface area contributed by atoms with Crippen LogP contribution in [0.1, 0.15) is 12.0 Å². The van der Waals surface area contributed by atoms with E-state index in [0.29, 0.717) is 11.5 Å². The molecule has 0 saturated carbocycles. The Hall–Kier alpha value is -1.20. The molecule has 1 aromatic heterocycles. The summed E-state index contributed by atoms with van der Waals surface area (Å²) >= 11 is 4.90. The first-order valence-electron chi connectivity index (χ1n) is 4.85. The molecule has 1 aliphatic rings. The van der Waals surface area contributed by atoms with Crippen LogP contribution in [0.15, 0.2) is 18.3 Å². The number of β-amino-alcohol motifs (C(OH)–C–C–N with tert-alkyl or cyclic N) is 1. The van der Waals surface area contributed by atoms with Crippen molar-refractivity contribution in [2.45, 2.75) is 12.5 Å². The zero-order valence-corrected chi connectivity index (χ0v) is 9.07. The number of thiocarbonyl (C=S) groups is 1. The Labute approximate surface area is 93.7 Å². The number of nitrogens with zero attached hydrogens (tertiary/aromatic N) is 2. The van der Waals surface area contributed by atoms with E-state index in [9.17, 15) is 5.11 Å². The van der Waals surface area contributed by atoms with E-state index in [1.54, 1.807) is 12.3 Å². The topological polar surface area (TPSA) is 62.4 Å². The number of rotatable bonds is 2. The Morgan fingerprint density at radius 3 is 3.07 bits per heavy atom. The summed E-state index contributed by atoms with van der Waals surface area (Å²) in [6.07, 6.45) is 2.23. The minimum absolute atomic E-state index is 0.250. The van der Waals surface area contributed by atoms with Gasteiger partial charge >= 0.3 is 0 Å². The molecule has 1 saturated heterocycles. The van der Waals surface area contributed by atoms with E-state index >= 15 is 0 Å². The summed E-state index contributed by atoms with van der Waals surface area (Å²) < 4.78 is 0. The molecule has 0 spiro atoms. The molecular weight excluding hydrogens is 210 g/mol. The molecular formula is C10H13N3OS. The third kappa shape index (κ3) is 2.24. The SMILES string of the molecule is NC(=S)c1ccnc(N2CCC(O)C2)c1. The molecule has 1 aromatic rings. The Morgan fingerprint density at radius 1 is 1.67 bits per heavy atom. The van der Waals surface area contributed by atoms with Crippen molar-refractivity contribution < 1.29 is 5.11 Å². The van der Waals surface area contributed by atoms with Gasteiger partial charge in [0.05, 0.1) is 6.10 Å². The van der Waals surface area contributed by atoms with Crippen LogP contribution in [0, 0.1) is 0 Å². The zero-order valence-electron chi connectivity index (χ0n) is 8.26. The number of aliphatic hydroxyl groups excluding tert-OH is 1. The van der Waals surface area contributed by atoms with Gasteiger partial charge < -0.3 is 15.7 Å². The lowest BCUT2D eigenvalue weighted by Crippen LogP contribution is -2.22. The monoisotopic (exact) mass is 223 g/mol. The van der Waals surface area contributed by atoms with Crippen LogP contribution < -0.4 is 10.6 Å². The predicted molar refractivity (Wildman–Crippen MR) is 63.0 cm³/mol. The molecule has 1 atom stereocenters. The molecule has 0 aromatic carbocycles. The molecule has 0 amide bonds. The summed E-state index contributed by atoms with van der Waals surface area (Å²) in [5.74, 6) is 0.830. The molecule has 5 heteroatoms. The summed E-state index contributed by atoms with van der Waals surface area (Å²) in [6.45, 7) is 1.46. The maximum absolute atomic E-state index is 9.42. The standard InChI is InChI=1S/C10H13N3OS/c11-10(15)7-1-3-12-9(5-7)13-4-2-8(14)6-13/h1,3,5,8,14H,2,4,6H2,(H2,11,15). The highest BCUT2D eigenvalue weighted by Crippen LogP contribution is 2.18. The lowest BCUT2D eigenvalue weighted by Gasteiger charge is -2.16. The molecule has 1 aliphatic heterocycles. The normalized spacial score (nSPS) is 20.6. The van der Waals surface area contributed by atoms with Crippen molar-refractivity contribution in [3.05, 3.63) is 23.9 Å². The fourth-order valence-electron chi connectivity index (χ4n) is 1.69. The lowest BCUT2D eigenvalue weighted by atomic mass is 10.2. The summed E-state index contributed by atoms with van der Waals surface area (Å²) in [7, 11) is 0. The van der Waals surface area contributed by atoms with Crippen LogP contribution in [0.2, 0.25) is 0 Å². The second kappa shape index (κ2) is 4.12. The van der Waals surface area contributed by atoms with Gasteiger partial charge in [-0.25, -0.2) is 4.98 Å². The first-order valence-corrected chi connectivity index (χ1v) is 5.26. The van der Waals surface area contributed by atoms with E-state index in [1.165, 1.54) is 0 Å². The number of aromatic nitrogens is 1. The highest BCUT2D eigenvalue weighted by molar-refractivity contribution is 7.80. The van der Waals surface area contributed by atoms with Crippen LogP contribution in [0.3, 0.4) is 0 Å². The Morgan fingerprint density at radius 2 is 2.47 bits per heavy atom. The van der Waals surface area contributed by atoms with Crippen LogP contribution in [0.5, 0.6) is 0 Å². The third-order valence-electron chi connectivity index (χ3n) is 2.52. The average molecular weight is 223 g/mol. The van der Waals surface area contributed by atoms with E-state index in [0.717, 1.165) is 24.3 Å². The van der Waals surface area contributed by atoms with Gasteiger partial charge in [-0.05, 0) is 18.6 Å². The zero-order chi connectivity index (χ0) is 10.8. The minimum atomic E-state index is -0.250. The van der Waals surface area contributed by atoms with E-state index in [1.807, 2.05) is 11.0 Å². The van der Waals surface area contributed by atoms with Gasteiger partial charge in [0.15, 0.2) is 0 Å². The van der Waals surface area contributed by atoms with Crippen LogP contribution in [-0.2, 0) is 0 Å². The largest absolute Gasteiger partial charge is 0.391 e. The number of anilines is 1. The third-order valence-corrected chi connectivity index (χ3v) is 2.75. The molecule has 3 N–H and O–H groups in total. The van der Waals surface area contributed by atoms with Crippen molar-refractivity contribution in [2.75, 3.05) is 18.0 Å². The predicted octanol–water partition coefficient (Wildman–Crippen LogP) is 0.287. The number of pyridine rings is 1. The van der Waals surface area contributed by atoms with Gasteiger partial charge in [-0.15, -0.1) is 0 Å². The number of hydrogen-bond acceptors (Lipinski definition) is 4. The van der Waals surface area contributed by atoms with Crippen molar-refractivity contribution in [2.24, 2.45) is 5.73 Å². The molecule has 0 aliphatic carbocycles. The molecule has 80 valence electrons. The van der Waals surface area contributed by atoms with Crippen LogP contribution >= 0.6 is 12.2 Å². The van der Waals surface area contributed by atoms with Crippen molar-refractivity contribution in [1.82, 2.24) is 4.98 Å². The quantitative estimate of drug-likeness (QED) is 0.705. The van der Waals surface area contributed by atoms with Crippen molar-refractivity contribution in [1.29, 1.82) is 0 Å². The molecule has 0 bridgehead atoms. The second-order valence-electron chi connectivity index (χ2n) is 3.66. The van der Waals surface area contributed by atoms with E-state index in [-0.39, 0.29) is 6.10 Å². The fraction of sp³-hybridized carbons (Fsp3) is 0.400. The van der Waals surface area contributed by atoms with Crippen molar-refractivity contribution in [3.63, 3.8) is 0 Å². The maximum Gasteiger partial charge on any atom is 0.129 e. The highest BCUT2D eigenvalue weighted by atomic mass is 32.1. The van der Waals surface area contributed by atoms with Crippen LogP contribution in [0.4, 0.5) is 5.82 Å². The molecule has 2 rings (SSSR count). The first kappa shape index (κ1) is 10.3. The molecule has 1 unspecified atom stereocenters. The Bertz CT molecular complexity index is 383. The molecule has 4 nitrogen and oxygen atoms in total. The molecule has 15 heavy (non-hydrogen) atoms. The molecule has 1 fully saturated rings. The molecule has 2 heterocycles. The van der Waals surface area contributed by atoms with Crippen LogP contribution in [-0.4, -0.2) is 34.3 Å². The molecule has 0 radical (unpaired) electrons. The summed E-state index contributed by atoms with van der Waals surface area (Å²) in [4.78, 5) is 6.65. The fourth-order valence-corrected chi connectivity index (χ4v) is 1.82. The summed E-state index contributed by atoms with van der Waals surface area (Å²) in [5, 5.41) is 9.42. The van der Waals surface area contributed by atoms with Crippen LogP contribution in [0.25, 0.3) is 0 Å². The van der Waals surface area contributed by atoms with Gasteiger partial charge in [0, 0.05) is 24.8 Å².